The molecule has 0 saturated carbocycles. The summed E-state index contributed by atoms with van der Waals surface area (Å²) >= 11 is 0. The van der Waals surface area contributed by atoms with Gasteiger partial charge in [-0.2, -0.15) is 0 Å². The van der Waals surface area contributed by atoms with Gasteiger partial charge in [0.25, 0.3) is 0 Å². The second-order valence-corrected chi connectivity index (χ2v) is 5.90. The van der Waals surface area contributed by atoms with E-state index in [9.17, 15) is 4.79 Å². The van der Waals surface area contributed by atoms with Crippen LogP contribution in [0.5, 0.6) is 0 Å². The van der Waals surface area contributed by atoms with Crippen LogP contribution in [-0.2, 0) is 11.2 Å². The Kier molecular flexibility index (Phi) is 5.35. The van der Waals surface area contributed by atoms with Crippen molar-refractivity contribution in [2.24, 2.45) is 11.1 Å². The average Bonchev–Trinajstić information content (AvgIpc) is 2.28. The molecule has 100 valence electrons. The summed E-state index contributed by atoms with van der Waals surface area (Å²) in [6.07, 6.45) is 1.54. The highest BCUT2D eigenvalue weighted by Crippen LogP contribution is 2.16. The molecule has 1 atom stereocenters. The van der Waals surface area contributed by atoms with Gasteiger partial charge < -0.3 is 11.1 Å². The molecule has 0 aliphatic heterocycles. The van der Waals surface area contributed by atoms with Gasteiger partial charge in [0.2, 0.25) is 5.91 Å². The van der Waals surface area contributed by atoms with Crippen LogP contribution in [0.1, 0.15) is 32.8 Å². The van der Waals surface area contributed by atoms with Crippen molar-refractivity contribution in [1.82, 2.24) is 5.32 Å². The summed E-state index contributed by atoms with van der Waals surface area (Å²) in [5.41, 5.74) is 7.21. The molecule has 1 amide bonds. The van der Waals surface area contributed by atoms with E-state index in [1.807, 2.05) is 30.3 Å². The summed E-state index contributed by atoms with van der Waals surface area (Å²) in [6, 6.07) is 9.38. The maximum absolute atomic E-state index is 11.8. The molecule has 3 nitrogen and oxygen atoms in total. The van der Waals surface area contributed by atoms with Crippen LogP contribution in [-0.4, -0.2) is 18.5 Å². The van der Waals surface area contributed by atoms with Crippen LogP contribution in [0, 0.1) is 5.41 Å². The van der Waals surface area contributed by atoms with E-state index in [-0.39, 0.29) is 11.3 Å². The molecule has 3 N–H and O–H groups in total. The summed E-state index contributed by atoms with van der Waals surface area (Å²) in [6.45, 7) is 7.15. The number of nitrogens with two attached hydrogens (primary N) is 1. The molecule has 0 aliphatic carbocycles. The van der Waals surface area contributed by atoms with Gasteiger partial charge in [-0.05, 0) is 23.8 Å². The number of hydrogen-bond donors (Lipinski definition) is 2. The Balaban J connectivity index is 2.34. The van der Waals surface area contributed by atoms with E-state index in [1.54, 1.807) is 0 Å². The molecule has 0 bridgehead atoms. The van der Waals surface area contributed by atoms with Crippen molar-refractivity contribution in [1.29, 1.82) is 0 Å². The molecule has 1 aromatic carbocycles. The quantitative estimate of drug-likeness (QED) is 0.838. The summed E-state index contributed by atoms with van der Waals surface area (Å²) in [4.78, 5) is 11.8. The molecule has 0 fully saturated rings. The second kappa shape index (κ2) is 6.55. The lowest BCUT2D eigenvalue weighted by atomic mass is 9.92. The lowest BCUT2D eigenvalue weighted by Crippen LogP contribution is -2.42. The fraction of sp³-hybridized carbons (Fsp3) is 0.533. The fourth-order valence-corrected chi connectivity index (χ4v) is 1.65. The topological polar surface area (TPSA) is 55.1 Å². The van der Waals surface area contributed by atoms with Crippen LogP contribution in [0.4, 0.5) is 0 Å². The third kappa shape index (κ3) is 5.82. The van der Waals surface area contributed by atoms with Gasteiger partial charge in [0.15, 0.2) is 0 Å². The monoisotopic (exact) mass is 248 g/mol. The Hall–Kier alpha value is -1.35. The molecule has 0 saturated heterocycles. The second-order valence-electron chi connectivity index (χ2n) is 5.90. The number of nitrogens with one attached hydrogen (secondary N) is 1. The molecular weight excluding hydrogens is 224 g/mol. The van der Waals surface area contributed by atoms with Gasteiger partial charge in [-0.25, -0.2) is 0 Å². The first-order valence-corrected chi connectivity index (χ1v) is 6.46. The first kappa shape index (κ1) is 14.7. The van der Waals surface area contributed by atoms with Crippen LogP contribution in [0.3, 0.4) is 0 Å². The Morgan fingerprint density at radius 3 is 2.44 bits per heavy atom. The minimum Gasteiger partial charge on any atom is -0.355 e. The van der Waals surface area contributed by atoms with E-state index >= 15 is 0 Å². The van der Waals surface area contributed by atoms with Gasteiger partial charge in [0.1, 0.15) is 0 Å². The first-order valence-electron chi connectivity index (χ1n) is 6.46. The molecule has 18 heavy (non-hydrogen) atoms. The fourth-order valence-electron chi connectivity index (χ4n) is 1.65. The normalized spacial score (nSPS) is 13.1. The minimum atomic E-state index is -0.465. The Bertz CT molecular complexity index is 368. The number of benzene rings is 1. The summed E-state index contributed by atoms with van der Waals surface area (Å²) in [7, 11) is 0. The van der Waals surface area contributed by atoms with E-state index in [1.165, 1.54) is 0 Å². The van der Waals surface area contributed by atoms with Crippen LogP contribution in [0.25, 0.3) is 0 Å². The van der Waals surface area contributed by atoms with E-state index in [4.69, 9.17) is 5.73 Å². The zero-order valence-electron chi connectivity index (χ0n) is 11.6. The van der Waals surface area contributed by atoms with Gasteiger partial charge in [-0.1, -0.05) is 51.1 Å². The first-order chi connectivity index (χ1) is 8.38. The number of rotatable bonds is 5. The third-order valence-electron chi connectivity index (χ3n) is 2.81. The molecule has 1 aromatic rings. The van der Waals surface area contributed by atoms with Gasteiger partial charge in [-0.15, -0.1) is 0 Å². The van der Waals surface area contributed by atoms with Crippen molar-refractivity contribution in [3.63, 3.8) is 0 Å². The Labute approximate surface area is 110 Å². The van der Waals surface area contributed by atoms with E-state index in [2.05, 4.69) is 26.1 Å². The van der Waals surface area contributed by atoms with Crippen LogP contribution < -0.4 is 11.1 Å². The van der Waals surface area contributed by atoms with Gasteiger partial charge in [-0.3, -0.25) is 4.79 Å². The predicted molar refractivity (Wildman–Crippen MR) is 75.2 cm³/mol. The lowest BCUT2D eigenvalue weighted by molar-refractivity contribution is -0.122. The Morgan fingerprint density at radius 2 is 1.89 bits per heavy atom. The van der Waals surface area contributed by atoms with Crippen molar-refractivity contribution in [2.75, 3.05) is 6.54 Å². The molecular formula is C15H24N2O. The van der Waals surface area contributed by atoms with E-state index in [0.717, 1.165) is 12.0 Å². The molecule has 3 heteroatoms. The van der Waals surface area contributed by atoms with E-state index in [0.29, 0.717) is 13.0 Å². The summed E-state index contributed by atoms with van der Waals surface area (Å²) in [5.74, 6) is -0.0666. The van der Waals surface area contributed by atoms with Crippen molar-refractivity contribution in [3.8, 4) is 0 Å². The zero-order chi connectivity index (χ0) is 13.6. The Morgan fingerprint density at radius 1 is 1.28 bits per heavy atom. The maximum atomic E-state index is 11.8. The zero-order valence-corrected chi connectivity index (χ0v) is 11.6. The molecule has 0 spiro atoms. The molecule has 1 unspecified atom stereocenters. The maximum Gasteiger partial charge on any atom is 0.237 e. The average molecular weight is 248 g/mol. The SMILES string of the molecule is CC(C)(C)CCNC(=O)C(N)Cc1ccccc1. The third-order valence-corrected chi connectivity index (χ3v) is 2.81. The summed E-state index contributed by atoms with van der Waals surface area (Å²) in [5, 5.41) is 2.90. The van der Waals surface area contributed by atoms with Crippen molar-refractivity contribution in [2.45, 2.75) is 39.7 Å². The predicted octanol–water partition coefficient (Wildman–Crippen LogP) is 2.11. The molecule has 0 heterocycles. The molecule has 1 rings (SSSR count). The molecule has 0 radical (unpaired) electrons. The number of amides is 1. The standard InChI is InChI=1S/C15H24N2O/c1-15(2,3)9-10-17-14(18)13(16)11-12-7-5-4-6-8-12/h4-8,13H,9-11,16H2,1-3H3,(H,17,18). The number of hydrogen-bond acceptors (Lipinski definition) is 2. The largest absolute Gasteiger partial charge is 0.355 e. The van der Waals surface area contributed by atoms with Crippen molar-refractivity contribution >= 4 is 5.91 Å². The van der Waals surface area contributed by atoms with Crippen LogP contribution in [0.15, 0.2) is 30.3 Å². The van der Waals surface area contributed by atoms with E-state index < -0.39 is 6.04 Å². The highest BCUT2D eigenvalue weighted by atomic mass is 16.2. The van der Waals surface area contributed by atoms with Gasteiger partial charge in [0, 0.05) is 6.54 Å². The smallest absolute Gasteiger partial charge is 0.237 e. The highest BCUT2D eigenvalue weighted by Gasteiger charge is 2.15. The lowest BCUT2D eigenvalue weighted by Gasteiger charge is -2.19. The minimum absolute atomic E-state index is 0.0666. The highest BCUT2D eigenvalue weighted by molar-refractivity contribution is 5.81. The van der Waals surface area contributed by atoms with Crippen LogP contribution >= 0.6 is 0 Å². The number of carbonyl (C=O) groups is 1. The van der Waals surface area contributed by atoms with Crippen molar-refractivity contribution < 1.29 is 4.79 Å². The van der Waals surface area contributed by atoms with Gasteiger partial charge >= 0.3 is 0 Å². The molecule has 0 aliphatic rings. The molecule has 0 aromatic heterocycles. The summed E-state index contributed by atoms with van der Waals surface area (Å²) < 4.78 is 0. The van der Waals surface area contributed by atoms with Gasteiger partial charge in [0.05, 0.1) is 6.04 Å². The number of carbonyl (C=O) groups excluding carboxylic acids is 1. The van der Waals surface area contributed by atoms with Crippen molar-refractivity contribution in [3.05, 3.63) is 35.9 Å². The van der Waals surface area contributed by atoms with Crippen LogP contribution in [0.2, 0.25) is 0 Å².